The van der Waals surface area contributed by atoms with Crippen LogP contribution in [-0.4, -0.2) is 29.8 Å². The first-order valence-corrected chi connectivity index (χ1v) is 7.58. The van der Waals surface area contributed by atoms with Crippen LogP contribution in [0.5, 0.6) is 0 Å². The zero-order chi connectivity index (χ0) is 14.3. The second-order valence-electron chi connectivity index (χ2n) is 6.40. The van der Waals surface area contributed by atoms with Crippen molar-refractivity contribution in [2.24, 2.45) is 5.92 Å². The first-order valence-electron chi connectivity index (χ1n) is 7.58. The van der Waals surface area contributed by atoms with E-state index in [4.69, 9.17) is 0 Å². The third-order valence-electron chi connectivity index (χ3n) is 5.18. The number of Topliss-reactive ketones (excluding diaryl/α,β-unsaturated/α-hetero) is 1. The molecule has 2 aliphatic rings. The van der Waals surface area contributed by atoms with Gasteiger partial charge in [0.2, 0.25) is 0 Å². The van der Waals surface area contributed by atoms with Crippen molar-refractivity contribution in [2.45, 2.75) is 51.1 Å². The summed E-state index contributed by atoms with van der Waals surface area (Å²) in [6, 6.07) is 5.61. The molecule has 3 heteroatoms. The highest BCUT2D eigenvalue weighted by Crippen LogP contribution is 2.37. The van der Waals surface area contributed by atoms with Gasteiger partial charge in [0.1, 0.15) is 5.82 Å². The van der Waals surface area contributed by atoms with Gasteiger partial charge in [-0.3, -0.25) is 4.79 Å². The predicted molar refractivity (Wildman–Crippen MR) is 77.4 cm³/mol. The van der Waals surface area contributed by atoms with E-state index in [2.05, 4.69) is 11.9 Å². The molecule has 3 rings (SSSR count). The van der Waals surface area contributed by atoms with E-state index in [1.807, 2.05) is 6.92 Å². The average molecular weight is 275 g/mol. The summed E-state index contributed by atoms with van der Waals surface area (Å²) in [7, 11) is 2.18. The lowest BCUT2D eigenvalue weighted by atomic mass is 9.75. The van der Waals surface area contributed by atoms with Crippen molar-refractivity contribution in [3.8, 4) is 0 Å². The molecule has 0 spiro atoms. The Balaban J connectivity index is 1.83. The number of hydrogen-bond acceptors (Lipinski definition) is 2. The molecule has 1 aromatic rings. The third-order valence-corrected chi connectivity index (χ3v) is 5.18. The average Bonchev–Trinajstić information content (AvgIpc) is 2.40. The second kappa shape index (κ2) is 5.28. The van der Waals surface area contributed by atoms with Crippen molar-refractivity contribution >= 4 is 5.78 Å². The highest BCUT2D eigenvalue weighted by atomic mass is 19.1. The fourth-order valence-electron chi connectivity index (χ4n) is 3.91. The highest BCUT2D eigenvalue weighted by molar-refractivity contribution is 5.99. The molecular weight excluding hydrogens is 253 g/mol. The van der Waals surface area contributed by atoms with Crippen molar-refractivity contribution in [1.82, 2.24) is 4.90 Å². The van der Waals surface area contributed by atoms with Crippen LogP contribution in [0, 0.1) is 18.7 Å². The van der Waals surface area contributed by atoms with Gasteiger partial charge in [0.25, 0.3) is 0 Å². The van der Waals surface area contributed by atoms with E-state index in [0.29, 0.717) is 17.6 Å². The van der Waals surface area contributed by atoms with Crippen molar-refractivity contribution in [2.75, 3.05) is 7.05 Å². The standard InChI is InChI=1S/C17H22FNO/c1-11-6-7-13(18)10-16(11)17(20)12-8-14-4-3-5-15(9-12)19(14)2/h6-7,10,12,14-15H,3-5,8-9H2,1-2H3. The smallest absolute Gasteiger partial charge is 0.166 e. The fourth-order valence-corrected chi connectivity index (χ4v) is 3.91. The van der Waals surface area contributed by atoms with Gasteiger partial charge in [-0.15, -0.1) is 0 Å². The summed E-state index contributed by atoms with van der Waals surface area (Å²) in [4.78, 5) is 15.2. The van der Waals surface area contributed by atoms with E-state index < -0.39 is 0 Å². The van der Waals surface area contributed by atoms with Gasteiger partial charge in [-0.25, -0.2) is 4.39 Å². The SMILES string of the molecule is Cc1ccc(F)cc1C(=O)C1CC2CCCC(C1)N2C. The van der Waals surface area contributed by atoms with Gasteiger partial charge < -0.3 is 4.90 Å². The van der Waals surface area contributed by atoms with Gasteiger partial charge >= 0.3 is 0 Å². The Hall–Kier alpha value is -1.22. The van der Waals surface area contributed by atoms with Crippen LogP contribution >= 0.6 is 0 Å². The monoisotopic (exact) mass is 275 g/mol. The first-order chi connectivity index (χ1) is 9.56. The minimum absolute atomic E-state index is 0.0713. The quantitative estimate of drug-likeness (QED) is 0.769. The number of halogens is 1. The van der Waals surface area contributed by atoms with Crippen LogP contribution in [0.2, 0.25) is 0 Å². The molecule has 2 heterocycles. The van der Waals surface area contributed by atoms with Crippen molar-refractivity contribution in [1.29, 1.82) is 0 Å². The zero-order valence-electron chi connectivity index (χ0n) is 12.2. The van der Waals surface area contributed by atoms with Gasteiger partial charge in [0.15, 0.2) is 5.78 Å². The van der Waals surface area contributed by atoms with Gasteiger partial charge in [0.05, 0.1) is 0 Å². The van der Waals surface area contributed by atoms with Gasteiger partial charge in [-0.2, -0.15) is 0 Å². The van der Waals surface area contributed by atoms with Crippen LogP contribution in [0.25, 0.3) is 0 Å². The number of hydrogen-bond donors (Lipinski definition) is 0. The lowest BCUT2D eigenvalue weighted by Gasteiger charge is -2.46. The van der Waals surface area contributed by atoms with Crippen molar-refractivity contribution in [3.05, 3.63) is 35.1 Å². The molecule has 0 amide bonds. The van der Waals surface area contributed by atoms with E-state index in [-0.39, 0.29) is 17.5 Å². The maximum Gasteiger partial charge on any atom is 0.166 e. The van der Waals surface area contributed by atoms with Crippen LogP contribution < -0.4 is 0 Å². The minimum Gasteiger partial charge on any atom is -0.300 e. The van der Waals surface area contributed by atoms with E-state index in [9.17, 15) is 9.18 Å². The Kier molecular flexibility index (Phi) is 3.63. The first kappa shape index (κ1) is 13.7. The molecule has 0 N–H and O–H groups in total. The largest absolute Gasteiger partial charge is 0.300 e. The molecule has 108 valence electrons. The highest BCUT2D eigenvalue weighted by Gasteiger charge is 2.39. The molecule has 20 heavy (non-hydrogen) atoms. The molecule has 2 atom stereocenters. The molecule has 0 saturated carbocycles. The predicted octanol–water partition coefficient (Wildman–Crippen LogP) is 3.58. The molecule has 1 aromatic carbocycles. The summed E-state index contributed by atoms with van der Waals surface area (Å²) < 4.78 is 13.4. The van der Waals surface area contributed by atoms with Gasteiger partial charge in [0, 0.05) is 23.6 Å². The van der Waals surface area contributed by atoms with Crippen molar-refractivity contribution < 1.29 is 9.18 Å². The minimum atomic E-state index is -0.313. The molecule has 2 unspecified atom stereocenters. The Morgan fingerprint density at radius 3 is 2.55 bits per heavy atom. The summed E-state index contributed by atoms with van der Waals surface area (Å²) in [5.41, 5.74) is 1.47. The van der Waals surface area contributed by atoms with E-state index in [0.717, 1.165) is 18.4 Å². The Morgan fingerprint density at radius 2 is 1.90 bits per heavy atom. The second-order valence-corrected chi connectivity index (χ2v) is 6.40. The third kappa shape index (κ3) is 2.39. The summed E-state index contributed by atoms with van der Waals surface area (Å²) in [6.07, 6.45) is 5.53. The molecule has 2 bridgehead atoms. The Morgan fingerprint density at radius 1 is 1.25 bits per heavy atom. The maximum absolute atomic E-state index is 13.4. The number of aryl methyl sites for hydroxylation is 1. The Labute approximate surface area is 120 Å². The number of rotatable bonds is 2. The van der Waals surface area contributed by atoms with Crippen LogP contribution in [0.3, 0.4) is 0 Å². The number of carbonyl (C=O) groups excluding carboxylic acids is 1. The molecule has 2 fully saturated rings. The summed E-state index contributed by atoms with van der Waals surface area (Å²) in [6.45, 7) is 1.89. The molecule has 2 nitrogen and oxygen atoms in total. The van der Waals surface area contributed by atoms with E-state index in [1.54, 1.807) is 6.07 Å². The van der Waals surface area contributed by atoms with Crippen molar-refractivity contribution in [3.63, 3.8) is 0 Å². The normalized spacial score (nSPS) is 30.2. The van der Waals surface area contributed by atoms with Crippen LogP contribution in [0.4, 0.5) is 4.39 Å². The van der Waals surface area contributed by atoms with Crippen LogP contribution in [-0.2, 0) is 0 Å². The number of benzene rings is 1. The number of fused-ring (bicyclic) bond motifs is 2. The number of ketones is 1. The van der Waals surface area contributed by atoms with E-state index >= 15 is 0 Å². The Bertz CT molecular complexity index is 514. The molecule has 0 aliphatic carbocycles. The van der Waals surface area contributed by atoms with Gasteiger partial charge in [-0.1, -0.05) is 12.5 Å². The number of carbonyl (C=O) groups is 1. The number of piperidine rings is 2. The fraction of sp³-hybridized carbons (Fsp3) is 0.588. The molecule has 0 radical (unpaired) electrons. The van der Waals surface area contributed by atoms with Crippen LogP contribution in [0.15, 0.2) is 18.2 Å². The zero-order valence-corrected chi connectivity index (χ0v) is 12.2. The summed E-state index contributed by atoms with van der Waals surface area (Å²) >= 11 is 0. The molecule has 0 aromatic heterocycles. The van der Waals surface area contributed by atoms with Crippen LogP contribution in [0.1, 0.15) is 48.0 Å². The lowest BCUT2D eigenvalue weighted by molar-refractivity contribution is 0.0338. The topological polar surface area (TPSA) is 20.3 Å². The summed E-state index contributed by atoms with van der Waals surface area (Å²) in [5, 5.41) is 0. The van der Waals surface area contributed by atoms with E-state index in [1.165, 1.54) is 31.4 Å². The molecular formula is C17H22FNO. The lowest BCUT2D eigenvalue weighted by Crippen LogP contribution is -2.51. The van der Waals surface area contributed by atoms with Gasteiger partial charge in [-0.05, 0) is 57.4 Å². The number of nitrogens with zero attached hydrogens (tertiary/aromatic N) is 1. The maximum atomic E-state index is 13.4. The molecule has 2 aliphatic heterocycles. The summed E-state index contributed by atoms with van der Waals surface area (Å²) in [5.74, 6) is -0.0962. The molecule has 2 saturated heterocycles.